The number of nitrogens with zero attached hydrogens (tertiary/aromatic N) is 1. The van der Waals surface area contributed by atoms with Crippen molar-refractivity contribution in [3.05, 3.63) is 70.4 Å². The van der Waals surface area contributed by atoms with Gasteiger partial charge in [-0.05, 0) is 44.3 Å². The normalized spacial score (nSPS) is 11.1. The number of halogens is 1. The average Bonchev–Trinajstić information content (AvgIpc) is 2.94. The maximum Gasteiger partial charge on any atom is 0.264 e. The van der Waals surface area contributed by atoms with Crippen LogP contribution in [-0.4, -0.2) is 39.2 Å². The predicted molar refractivity (Wildman–Crippen MR) is 124 cm³/mol. The lowest BCUT2D eigenvalue weighted by atomic mass is 10.1. The van der Waals surface area contributed by atoms with Crippen LogP contribution in [0, 0.1) is 0 Å². The molecule has 0 radical (unpaired) electrons. The minimum Gasteiger partial charge on any atom is -0.339 e. The molecule has 0 aliphatic heterocycles. The number of nitrogens with one attached hydrogen (secondary N) is 2. The number of hydrogen-bond acceptors (Lipinski definition) is 4. The number of hydrogen-bond donors (Lipinski definition) is 2. The summed E-state index contributed by atoms with van der Waals surface area (Å²) in [5, 5.41) is 4.57. The molecular weight excluding hydrogens is 422 g/mol. The molecule has 2 N–H and O–H groups in total. The van der Waals surface area contributed by atoms with E-state index in [4.69, 9.17) is 11.6 Å². The van der Waals surface area contributed by atoms with E-state index in [-0.39, 0.29) is 0 Å². The highest BCUT2D eigenvalue weighted by molar-refractivity contribution is 7.89. The summed E-state index contributed by atoms with van der Waals surface area (Å²) < 4.78 is 26.6. The van der Waals surface area contributed by atoms with Crippen LogP contribution in [0.15, 0.2) is 48.5 Å². The first-order chi connectivity index (χ1) is 14.2. The van der Waals surface area contributed by atoms with E-state index in [1.165, 1.54) is 0 Å². The van der Waals surface area contributed by atoms with Crippen molar-refractivity contribution in [2.45, 2.75) is 26.3 Å². The molecule has 0 unspecified atom stereocenters. The Labute approximate surface area is 183 Å². The third-order valence-electron chi connectivity index (χ3n) is 4.33. The van der Waals surface area contributed by atoms with Crippen molar-refractivity contribution in [3.63, 3.8) is 0 Å². The van der Waals surface area contributed by atoms with Crippen molar-refractivity contribution >= 4 is 38.4 Å². The largest absolute Gasteiger partial charge is 0.339 e. The number of carbonyl (C=O) groups is 1. The van der Waals surface area contributed by atoms with Crippen LogP contribution in [0.5, 0.6) is 0 Å². The first-order valence-corrected chi connectivity index (χ1v) is 11.9. The quantitative estimate of drug-likeness (QED) is 0.599. The summed E-state index contributed by atoms with van der Waals surface area (Å²) in [6, 6.07) is 14.9. The second-order valence-electron chi connectivity index (χ2n) is 7.01. The van der Waals surface area contributed by atoms with Crippen molar-refractivity contribution < 1.29 is 13.2 Å². The van der Waals surface area contributed by atoms with E-state index in [0.717, 1.165) is 46.3 Å². The summed E-state index contributed by atoms with van der Waals surface area (Å²) in [4.78, 5) is 11.9. The van der Waals surface area contributed by atoms with E-state index in [9.17, 15) is 13.2 Å². The summed E-state index contributed by atoms with van der Waals surface area (Å²) in [5.41, 5.74) is 3.47. The molecule has 3 rings (SSSR count). The van der Waals surface area contributed by atoms with Crippen molar-refractivity contribution in [2.24, 2.45) is 0 Å². The van der Waals surface area contributed by atoms with Crippen LogP contribution in [0.3, 0.4) is 0 Å². The van der Waals surface area contributed by atoms with E-state index < -0.39 is 15.9 Å². The van der Waals surface area contributed by atoms with Crippen LogP contribution in [0.1, 0.15) is 35.0 Å². The molecule has 0 aliphatic carbocycles. The molecule has 0 aliphatic rings. The van der Waals surface area contributed by atoms with Crippen molar-refractivity contribution in [1.82, 2.24) is 14.6 Å². The van der Waals surface area contributed by atoms with Crippen molar-refractivity contribution in [2.75, 3.05) is 20.4 Å². The fourth-order valence-corrected chi connectivity index (χ4v) is 3.96. The number of fused-ring (bicyclic) bond motifs is 1. The molecule has 1 aromatic heterocycles. The summed E-state index contributed by atoms with van der Waals surface area (Å²) in [5.74, 6) is -0.634. The Morgan fingerprint density at radius 3 is 2.23 bits per heavy atom. The molecule has 8 heteroatoms. The van der Waals surface area contributed by atoms with Crippen LogP contribution in [0.25, 0.3) is 10.9 Å². The Morgan fingerprint density at radius 1 is 1.07 bits per heavy atom. The molecule has 1 heterocycles. The van der Waals surface area contributed by atoms with Gasteiger partial charge in [0.05, 0.1) is 16.8 Å². The lowest BCUT2D eigenvalue weighted by molar-refractivity contribution is 0.0981. The van der Waals surface area contributed by atoms with Gasteiger partial charge in [0.15, 0.2) is 0 Å². The molecule has 30 heavy (non-hydrogen) atoms. The number of para-hydroxylation sites is 1. The van der Waals surface area contributed by atoms with Crippen LogP contribution >= 0.6 is 11.6 Å². The minimum absolute atomic E-state index is 0.299. The van der Waals surface area contributed by atoms with Gasteiger partial charge in [-0.15, -0.1) is 0 Å². The Morgan fingerprint density at radius 2 is 1.67 bits per heavy atom. The van der Waals surface area contributed by atoms with Gasteiger partial charge in [0.1, 0.15) is 0 Å². The van der Waals surface area contributed by atoms with Crippen LogP contribution < -0.4 is 10.0 Å². The van der Waals surface area contributed by atoms with Gasteiger partial charge >= 0.3 is 0 Å². The summed E-state index contributed by atoms with van der Waals surface area (Å²) in [6.07, 6.45) is 2.82. The summed E-state index contributed by atoms with van der Waals surface area (Å²) in [7, 11) is 0.168. The molecular formula is C22H28ClN3O3S. The van der Waals surface area contributed by atoms with Crippen LogP contribution in [0.2, 0.25) is 5.02 Å². The second-order valence-corrected chi connectivity index (χ2v) is 9.14. The first kappa shape index (κ1) is 23.9. The summed E-state index contributed by atoms with van der Waals surface area (Å²) in [6.45, 7) is 2.74. The van der Waals surface area contributed by atoms with E-state index >= 15 is 0 Å². The first-order valence-electron chi connectivity index (χ1n) is 9.67. The molecule has 2 aromatic carbocycles. The predicted octanol–water partition coefficient (Wildman–Crippen LogP) is 3.82. The van der Waals surface area contributed by atoms with Gasteiger partial charge in [0.25, 0.3) is 5.91 Å². The zero-order valence-corrected chi connectivity index (χ0v) is 19.3. The van der Waals surface area contributed by atoms with Crippen molar-refractivity contribution in [1.29, 1.82) is 0 Å². The molecule has 0 atom stereocenters. The SMILES string of the molecule is CCCc1c(Cl)c2ccccc2n1Cc1ccc(C(=O)NS(C)(=O)=O)cc1.CNC. The molecule has 162 valence electrons. The lowest BCUT2D eigenvalue weighted by Gasteiger charge is -2.11. The molecule has 0 fully saturated rings. The third kappa shape index (κ3) is 6.08. The van der Waals surface area contributed by atoms with Gasteiger partial charge in [-0.1, -0.05) is 55.3 Å². The van der Waals surface area contributed by atoms with E-state index in [0.29, 0.717) is 12.1 Å². The van der Waals surface area contributed by atoms with Gasteiger partial charge < -0.3 is 9.88 Å². The Balaban J connectivity index is 0.00000101. The molecule has 1 amide bonds. The fraction of sp³-hybridized carbons (Fsp3) is 0.318. The average molecular weight is 450 g/mol. The number of sulfonamides is 1. The smallest absolute Gasteiger partial charge is 0.264 e. The number of aromatic nitrogens is 1. The lowest BCUT2D eigenvalue weighted by Crippen LogP contribution is -2.29. The Bertz CT molecular complexity index is 1110. The van der Waals surface area contributed by atoms with Gasteiger partial charge in [-0.2, -0.15) is 0 Å². The number of benzene rings is 2. The fourth-order valence-electron chi connectivity index (χ4n) is 3.15. The van der Waals surface area contributed by atoms with Gasteiger partial charge in [-0.3, -0.25) is 4.79 Å². The minimum atomic E-state index is -3.58. The van der Waals surface area contributed by atoms with Gasteiger partial charge in [-0.25, -0.2) is 13.1 Å². The van der Waals surface area contributed by atoms with Gasteiger partial charge in [0.2, 0.25) is 10.0 Å². The molecule has 6 nitrogen and oxygen atoms in total. The zero-order valence-electron chi connectivity index (χ0n) is 17.7. The maximum absolute atomic E-state index is 11.9. The number of rotatable bonds is 6. The van der Waals surface area contributed by atoms with E-state index in [1.807, 2.05) is 55.2 Å². The maximum atomic E-state index is 11.9. The van der Waals surface area contributed by atoms with E-state index in [1.54, 1.807) is 12.1 Å². The molecule has 0 spiro atoms. The topological polar surface area (TPSA) is 80.2 Å². The van der Waals surface area contributed by atoms with E-state index in [2.05, 4.69) is 16.8 Å². The summed E-state index contributed by atoms with van der Waals surface area (Å²) >= 11 is 6.60. The highest BCUT2D eigenvalue weighted by Gasteiger charge is 2.15. The highest BCUT2D eigenvalue weighted by atomic mass is 35.5. The monoisotopic (exact) mass is 449 g/mol. The number of amides is 1. The third-order valence-corrected chi connectivity index (χ3v) is 5.31. The number of carbonyl (C=O) groups excluding carboxylic acids is 1. The van der Waals surface area contributed by atoms with Gasteiger partial charge in [0, 0.05) is 23.2 Å². The molecule has 3 aromatic rings. The highest BCUT2D eigenvalue weighted by Crippen LogP contribution is 2.32. The standard InChI is InChI=1S/C20H21ClN2O3S.C2H7N/c1-3-6-18-19(21)16-7-4-5-8-17(16)23(18)13-14-9-11-15(12-10-14)20(24)22-27(2,25)26;1-3-2/h4-5,7-12H,3,6,13H2,1-2H3,(H,22,24);3H,1-2H3. The molecule has 0 saturated carbocycles. The van der Waals surface area contributed by atoms with Crippen LogP contribution in [0.4, 0.5) is 0 Å². The molecule has 0 saturated heterocycles. The Hall–Kier alpha value is -2.35. The second kappa shape index (κ2) is 10.6. The zero-order chi connectivity index (χ0) is 22.3. The van der Waals surface area contributed by atoms with Crippen molar-refractivity contribution in [3.8, 4) is 0 Å². The Kier molecular flexibility index (Phi) is 8.46. The van der Waals surface area contributed by atoms with Crippen LogP contribution in [-0.2, 0) is 23.0 Å². The molecule has 0 bridgehead atoms.